The molecule has 2 rings (SSSR count). The van der Waals surface area contributed by atoms with E-state index in [0.717, 1.165) is 23.6 Å². The van der Waals surface area contributed by atoms with Gasteiger partial charge in [0, 0.05) is 29.8 Å². The summed E-state index contributed by atoms with van der Waals surface area (Å²) in [5.41, 5.74) is 2.76. The van der Waals surface area contributed by atoms with Gasteiger partial charge in [0.05, 0.1) is 0 Å². The number of halogens is 1. The van der Waals surface area contributed by atoms with E-state index in [1.54, 1.807) is 0 Å². The van der Waals surface area contributed by atoms with E-state index in [4.69, 9.17) is 0 Å². The van der Waals surface area contributed by atoms with Gasteiger partial charge in [0.2, 0.25) is 0 Å². The van der Waals surface area contributed by atoms with Crippen molar-refractivity contribution in [3.8, 4) is 0 Å². The number of hydrogen-bond donors (Lipinski definition) is 1. The first-order chi connectivity index (χ1) is 8.58. The van der Waals surface area contributed by atoms with Crippen LogP contribution in [0.15, 0.2) is 22.7 Å². The minimum Gasteiger partial charge on any atom is -0.371 e. The smallest absolute Gasteiger partial charge is 0.0412 e. The molecule has 1 fully saturated rings. The molecular formula is C15H23BrN2. The Labute approximate surface area is 119 Å². The highest BCUT2D eigenvalue weighted by Crippen LogP contribution is 2.33. The summed E-state index contributed by atoms with van der Waals surface area (Å²) >= 11 is 3.57. The van der Waals surface area contributed by atoms with Crippen molar-refractivity contribution in [3.05, 3.63) is 28.2 Å². The highest BCUT2D eigenvalue weighted by atomic mass is 79.9. The maximum atomic E-state index is 3.57. The van der Waals surface area contributed by atoms with Gasteiger partial charge >= 0.3 is 0 Å². The monoisotopic (exact) mass is 310 g/mol. The Bertz CT molecular complexity index is 399. The second kappa shape index (κ2) is 6.07. The molecule has 0 bridgehead atoms. The van der Waals surface area contributed by atoms with Crippen molar-refractivity contribution >= 4 is 21.6 Å². The summed E-state index contributed by atoms with van der Waals surface area (Å²) in [5, 5.41) is 3.54. The van der Waals surface area contributed by atoms with Crippen LogP contribution in [0.4, 0.5) is 5.69 Å². The van der Waals surface area contributed by atoms with E-state index in [0.29, 0.717) is 5.92 Å². The molecule has 1 saturated carbocycles. The number of hydrogen-bond acceptors (Lipinski definition) is 2. The third kappa shape index (κ3) is 3.72. The van der Waals surface area contributed by atoms with Gasteiger partial charge in [0.15, 0.2) is 0 Å². The highest BCUT2D eigenvalue weighted by Gasteiger charge is 2.27. The van der Waals surface area contributed by atoms with Gasteiger partial charge in [-0.1, -0.05) is 29.8 Å². The fourth-order valence-corrected chi connectivity index (χ4v) is 2.60. The summed E-state index contributed by atoms with van der Waals surface area (Å²) in [5.74, 6) is 0.696. The highest BCUT2D eigenvalue weighted by molar-refractivity contribution is 9.10. The van der Waals surface area contributed by atoms with Crippen molar-refractivity contribution in [1.29, 1.82) is 0 Å². The molecule has 0 spiro atoms. The van der Waals surface area contributed by atoms with E-state index in [9.17, 15) is 0 Å². The van der Waals surface area contributed by atoms with Crippen molar-refractivity contribution in [1.82, 2.24) is 5.32 Å². The quantitative estimate of drug-likeness (QED) is 0.860. The molecule has 0 unspecified atom stereocenters. The SMILES string of the molecule is CC(C)CNCc1cc(Br)ccc1N(C)C1CC1. The average molecular weight is 311 g/mol. The summed E-state index contributed by atoms with van der Waals surface area (Å²) in [6.45, 7) is 6.50. The Hall–Kier alpha value is -0.540. The summed E-state index contributed by atoms with van der Waals surface area (Å²) in [6, 6.07) is 7.37. The molecule has 0 amide bonds. The zero-order chi connectivity index (χ0) is 13.1. The number of rotatable bonds is 6. The van der Waals surface area contributed by atoms with E-state index < -0.39 is 0 Å². The van der Waals surface area contributed by atoms with E-state index >= 15 is 0 Å². The van der Waals surface area contributed by atoms with Gasteiger partial charge in [-0.15, -0.1) is 0 Å². The van der Waals surface area contributed by atoms with Gasteiger partial charge in [-0.3, -0.25) is 0 Å². The summed E-state index contributed by atoms with van der Waals surface area (Å²) in [6.07, 6.45) is 2.68. The van der Waals surface area contributed by atoms with Gasteiger partial charge < -0.3 is 10.2 Å². The topological polar surface area (TPSA) is 15.3 Å². The molecule has 1 N–H and O–H groups in total. The van der Waals surface area contributed by atoms with Crippen LogP contribution in [0.3, 0.4) is 0 Å². The molecule has 0 aliphatic heterocycles. The number of anilines is 1. The molecular weight excluding hydrogens is 288 g/mol. The third-order valence-corrected chi connectivity index (χ3v) is 3.88. The number of nitrogens with zero attached hydrogens (tertiary/aromatic N) is 1. The van der Waals surface area contributed by atoms with Crippen LogP contribution in [-0.4, -0.2) is 19.6 Å². The number of nitrogens with one attached hydrogen (secondary N) is 1. The maximum absolute atomic E-state index is 3.57. The molecule has 0 heterocycles. The van der Waals surface area contributed by atoms with Crippen LogP contribution >= 0.6 is 15.9 Å². The second-order valence-electron chi connectivity index (χ2n) is 5.64. The van der Waals surface area contributed by atoms with Crippen LogP contribution in [0.25, 0.3) is 0 Å². The molecule has 1 aliphatic rings. The Morgan fingerprint density at radius 3 is 2.72 bits per heavy atom. The van der Waals surface area contributed by atoms with Gasteiger partial charge in [0.1, 0.15) is 0 Å². The lowest BCUT2D eigenvalue weighted by atomic mass is 10.1. The fraction of sp³-hybridized carbons (Fsp3) is 0.600. The minimum absolute atomic E-state index is 0.696. The van der Waals surface area contributed by atoms with Crippen LogP contribution in [0.5, 0.6) is 0 Å². The van der Waals surface area contributed by atoms with E-state index in [1.165, 1.54) is 24.1 Å². The molecule has 0 radical (unpaired) electrons. The normalized spacial score (nSPS) is 15.2. The summed E-state index contributed by atoms with van der Waals surface area (Å²) < 4.78 is 1.16. The summed E-state index contributed by atoms with van der Waals surface area (Å²) in [4.78, 5) is 2.43. The van der Waals surface area contributed by atoms with E-state index in [1.807, 2.05) is 0 Å². The Kier molecular flexibility index (Phi) is 4.68. The van der Waals surface area contributed by atoms with Gasteiger partial charge in [-0.05, 0) is 49.1 Å². The first-order valence-electron chi connectivity index (χ1n) is 6.80. The van der Waals surface area contributed by atoms with Crippen molar-refractivity contribution in [3.63, 3.8) is 0 Å². The predicted molar refractivity (Wildman–Crippen MR) is 82.1 cm³/mol. The number of benzene rings is 1. The third-order valence-electron chi connectivity index (χ3n) is 3.38. The van der Waals surface area contributed by atoms with Gasteiger partial charge in [0.25, 0.3) is 0 Å². The summed E-state index contributed by atoms with van der Waals surface area (Å²) in [7, 11) is 2.22. The molecule has 0 aromatic heterocycles. The Morgan fingerprint density at radius 2 is 2.11 bits per heavy atom. The van der Waals surface area contributed by atoms with Crippen LogP contribution in [0.2, 0.25) is 0 Å². The lowest BCUT2D eigenvalue weighted by molar-refractivity contribution is 0.552. The molecule has 100 valence electrons. The second-order valence-corrected chi connectivity index (χ2v) is 6.56. The predicted octanol–water partition coefficient (Wildman–Crippen LogP) is 3.79. The molecule has 1 aromatic carbocycles. The zero-order valence-electron chi connectivity index (χ0n) is 11.5. The maximum Gasteiger partial charge on any atom is 0.0412 e. The van der Waals surface area contributed by atoms with Crippen molar-refractivity contribution in [2.45, 2.75) is 39.3 Å². The lowest BCUT2D eigenvalue weighted by Crippen LogP contribution is -2.24. The van der Waals surface area contributed by atoms with Gasteiger partial charge in [-0.25, -0.2) is 0 Å². The molecule has 1 aromatic rings. The van der Waals surface area contributed by atoms with Gasteiger partial charge in [-0.2, -0.15) is 0 Å². The van der Waals surface area contributed by atoms with Crippen LogP contribution in [0, 0.1) is 5.92 Å². The van der Waals surface area contributed by atoms with E-state index in [2.05, 4.69) is 65.2 Å². The van der Waals surface area contributed by atoms with E-state index in [-0.39, 0.29) is 0 Å². The van der Waals surface area contributed by atoms with Crippen molar-refractivity contribution in [2.24, 2.45) is 5.92 Å². The molecule has 2 nitrogen and oxygen atoms in total. The standard InChI is InChI=1S/C15H23BrN2/c1-11(2)9-17-10-12-8-13(16)4-7-15(12)18(3)14-5-6-14/h4,7-8,11,14,17H,5-6,9-10H2,1-3H3. The molecule has 0 saturated heterocycles. The molecule has 18 heavy (non-hydrogen) atoms. The average Bonchev–Trinajstić information content (AvgIpc) is 3.11. The molecule has 3 heteroatoms. The van der Waals surface area contributed by atoms with Crippen molar-refractivity contribution in [2.75, 3.05) is 18.5 Å². The molecule has 1 aliphatic carbocycles. The molecule has 0 atom stereocenters. The van der Waals surface area contributed by atoms with Crippen molar-refractivity contribution < 1.29 is 0 Å². The van der Waals surface area contributed by atoms with Crippen LogP contribution < -0.4 is 10.2 Å². The lowest BCUT2D eigenvalue weighted by Gasteiger charge is -2.23. The van der Waals surface area contributed by atoms with Crippen LogP contribution in [-0.2, 0) is 6.54 Å². The largest absolute Gasteiger partial charge is 0.371 e. The minimum atomic E-state index is 0.696. The van der Waals surface area contributed by atoms with Crippen LogP contribution in [0.1, 0.15) is 32.3 Å². The first-order valence-corrected chi connectivity index (χ1v) is 7.59. The Balaban J connectivity index is 2.07. The Morgan fingerprint density at radius 1 is 1.39 bits per heavy atom. The fourth-order valence-electron chi connectivity index (χ4n) is 2.19. The zero-order valence-corrected chi connectivity index (χ0v) is 13.1. The first kappa shape index (κ1) is 13.9.